The van der Waals surface area contributed by atoms with Crippen molar-refractivity contribution in [1.29, 1.82) is 21.0 Å². The quantitative estimate of drug-likeness (QED) is 0.746. The molecule has 0 heterocycles. The van der Waals surface area contributed by atoms with Crippen LogP contribution in [0.3, 0.4) is 0 Å². The third-order valence-corrected chi connectivity index (χ3v) is 4.03. The van der Waals surface area contributed by atoms with E-state index >= 15 is 0 Å². The summed E-state index contributed by atoms with van der Waals surface area (Å²) in [5.74, 6) is -0.160. The van der Waals surface area contributed by atoms with Crippen LogP contribution in [-0.4, -0.2) is 5.78 Å². The fourth-order valence-corrected chi connectivity index (χ4v) is 2.88. The molecule has 0 fully saturated rings. The first-order valence-corrected chi connectivity index (χ1v) is 7.28. The van der Waals surface area contributed by atoms with Crippen LogP contribution in [0, 0.1) is 45.3 Å². The third-order valence-electron chi connectivity index (χ3n) is 4.03. The van der Waals surface area contributed by atoms with Crippen LogP contribution in [0.25, 0.3) is 16.7 Å². The van der Waals surface area contributed by atoms with Gasteiger partial charge in [-0.25, -0.2) is 0 Å². The summed E-state index contributed by atoms with van der Waals surface area (Å²) in [6.07, 6.45) is 0.0247. The van der Waals surface area contributed by atoms with E-state index in [0.29, 0.717) is 39.0 Å². The number of ketones is 1. The number of rotatable bonds is 1. The van der Waals surface area contributed by atoms with Gasteiger partial charge in [-0.05, 0) is 46.5 Å². The van der Waals surface area contributed by atoms with E-state index in [1.165, 1.54) is 6.07 Å². The van der Waals surface area contributed by atoms with Gasteiger partial charge in [0.25, 0.3) is 0 Å². The van der Waals surface area contributed by atoms with E-state index in [2.05, 4.69) is 0 Å². The normalized spacial score (nSPS) is 11.7. The van der Waals surface area contributed by atoms with E-state index in [-0.39, 0.29) is 17.8 Å². The van der Waals surface area contributed by atoms with E-state index < -0.39 is 0 Å². The Morgan fingerprint density at radius 1 is 0.800 bits per heavy atom. The number of carbonyl (C=O) groups is 1. The lowest BCUT2D eigenvalue weighted by Crippen LogP contribution is -1.92. The monoisotopic (exact) mass is 320 g/mol. The van der Waals surface area contributed by atoms with Gasteiger partial charge in [0.1, 0.15) is 17.7 Å². The molecular formula is C20H8N4O. The van der Waals surface area contributed by atoms with Gasteiger partial charge in [0.2, 0.25) is 0 Å². The van der Waals surface area contributed by atoms with Crippen LogP contribution in [0.4, 0.5) is 0 Å². The molecule has 114 valence electrons. The molecule has 5 nitrogen and oxygen atoms in total. The Morgan fingerprint density at radius 2 is 1.44 bits per heavy atom. The molecule has 0 unspecified atom stereocenters. The number of nitriles is 4. The summed E-state index contributed by atoms with van der Waals surface area (Å²) in [5.41, 5.74) is 3.48. The van der Waals surface area contributed by atoms with Gasteiger partial charge in [0.15, 0.2) is 5.78 Å². The van der Waals surface area contributed by atoms with Crippen LogP contribution >= 0.6 is 0 Å². The van der Waals surface area contributed by atoms with Crippen LogP contribution in [0.1, 0.15) is 33.5 Å². The molecule has 2 aromatic carbocycles. The second kappa shape index (κ2) is 6.13. The molecule has 1 aliphatic rings. The van der Waals surface area contributed by atoms with E-state index in [0.717, 1.165) is 0 Å². The summed E-state index contributed by atoms with van der Waals surface area (Å²) in [6, 6.07) is 17.6. The highest BCUT2D eigenvalue weighted by atomic mass is 16.1. The first-order chi connectivity index (χ1) is 12.1. The predicted molar refractivity (Wildman–Crippen MR) is 88.4 cm³/mol. The molecule has 0 saturated heterocycles. The third kappa shape index (κ3) is 2.64. The van der Waals surface area contributed by atoms with Gasteiger partial charge in [-0.2, -0.15) is 21.0 Å². The van der Waals surface area contributed by atoms with Crippen molar-refractivity contribution in [3.05, 3.63) is 64.2 Å². The zero-order chi connectivity index (χ0) is 18.0. The van der Waals surface area contributed by atoms with Crippen LogP contribution in [0.2, 0.25) is 0 Å². The average Bonchev–Trinajstić information content (AvgIpc) is 2.98. The van der Waals surface area contributed by atoms with Crippen molar-refractivity contribution in [1.82, 2.24) is 0 Å². The smallest absolute Gasteiger partial charge is 0.167 e. The van der Waals surface area contributed by atoms with Gasteiger partial charge in [0, 0.05) is 12.0 Å². The van der Waals surface area contributed by atoms with Gasteiger partial charge >= 0.3 is 0 Å². The minimum atomic E-state index is -0.160. The number of hydrogen-bond donors (Lipinski definition) is 0. The molecule has 0 saturated carbocycles. The number of fused-ring (bicyclic) bond motifs is 1. The summed E-state index contributed by atoms with van der Waals surface area (Å²) >= 11 is 0. The Hall–Kier alpha value is -4.19. The summed E-state index contributed by atoms with van der Waals surface area (Å²) < 4.78 is 0. The summed E-state index contributed by atoms with van der Waals surface area (Å²) in [6.45, 7) is 0. The van der Waals surface area contributed by atoms with Crippen molar-refractivity contribution in [2.45, 2.75) is 6.42 Å². The van der Waals surface area contributed by atoms with Gasteiger partial charge in [-0.15, -0.1) is 0 Å². The molecule has 25 heavy (non-hydrogen) atoms. The molecule has 0 aromatic heterocycles. The number of Topliss-reactive ketones (excluding diaryl/α,β-unsaturated/α-hetero) is 1. The van der Waals surface area contributed by atoms with E-state index in [1.807, 2.05) is 24.3 Å². The Labute approximate surface area is 143 Å². The van der Waals surface area contributed by atoms with Crippen LogP contribution < -0.4 is 0 Å². The number of benzene rings is 2. The molecule has 5 heteroatoms. The van der Waals surface area contributed by atoms with Gasteiger partial charge in [-0.1, -0.05) is 12.1 Å². The molecule has 0 radical (unpaired) electrons. The summed E-state index contributed by atoms with van der Waals surface area (Å²) in [4.78, 5) is 12.3. The fourth-order valence-electron chi connectivity index (χ4n) is 2.88. The van der Waals surface area contributed by atoms with Crippen molar-refractivity contribution in [3.8, 4) is 35.4 Å². The van der Waals surface area contributed by atoms with Gasteiger partial charge < -0.3 is 0 Å². The largest absolute Gasteiger partial charge is 0.294 e. The zero-order valence-corrected chi connectivity index (χ0v) is 12.9. The lowest BCUT2D eigenvalue weighted by Gasteiger charge is -2.06. The molecule has 3 rings (SSSR count). The Balaban J connectivity index is 2.19. The van der Waals surface area contributed by atoms with Crippen molar-refractivity contribution in [2.75, 3.05) is 0 Å². The highest BCUT2D eigenvalue weighted by Gasteiger charge is 2.27. The lowest BCUT2D eigenvalue weighted by atomic mass is 9.96. The SMILES string of the molecule is N#CC(C#N)=C1CC(=O)c2cc(-c3cc(C#N)cc(C#N)c3)ccc21. The molecule has 0 spiro atoms. The second-order valence-corrected chi connectivity index (χ2v) is 5.46. The number of carbonyl (C=O) groups excluding carboxylic acids is 1. The van der Waals surface area contributed by atoms with Crippen LogP contribution in [0.15, 0.2) is 42.0 Å². The van der Waals surface area contributed by atoms with E-state index in [1.54, 1.807) is 30.3 Å². The Kier molecular flexibility index (Phi) is 3.85. The number of nitrogens with zero attached hydrogens (tertiary/aromatic N) is 4. The van der Waals surface area contributed by atoms with Crippen LogP contribution in [0.5, 0.6) is 0 Å². The molecule has 0 aliphatic heterocycles. The first kappa shape index (κ1) is 15.7. The van der Waals surface area contributed by atoms with Crippen molar-refractivity contribution >= 4 is 11.4 Å². The van der Waals surface area contributed by atoms with Gasteiger partial charge in [0.05, 0.1) is 23.3 Å². The van der Waals surface area contributed by atoms with Crippen molar-refractivity contribution in [2.24, 2.45) is 0 Å². The molecule has 2 aromatic rings. The molecule has 0 amide bonds. The lowest BCUT2D eigenvalue weighted by molar-refractivity contribution is 0.100. The molecule has 0 bridgehead atoms. The zero-order valence-electron chi connectivity index (χ0n) is 12.9. The minimum absolute atomic E-state index is 0.0247. The average molecular weight is 320 g/mol. The maximum atomic E-state index is 12.3. The highest BCUT2D eigenvalue weighted by molar-refractivity contribution is 6.13. The van der Waals surface area contributed by atoms with E-state index in [4.69, 9.17) is 21.0 Å². The topological polar surface area (TPSA) is 112 Å². The second-order valence-electron chi connectivity index (χ2n) is 5.46. The van der Waals surface area contributed by atoms with Gasteiger partial charge in [-0.3, -0.25) is 4.79 Å². The Morgan fingerprint density at radius 3 is 2.00 bits per heavy atom. The maximum absolute atomic E-state index is 12.3. The fraction of sp³-hybridized carbons (Fsp3) is 0.0500. The van der Waals surface area contributed by atoms with Crippen molar-refractivity contribution < 1.29 is 4.79 Å². The first-order valence-electron chi connectivity index (χ1n) is 7.28. The van der Waals surface area contributed by atoms with E-state index in [9.17, 15) is 4.79 Å². The summed E-state index contributed by atoms with van der Waals surface area (Å²) in [5, 5.41) is 36.3. The molecular weight excluding hydrogens is 312 g/mol. The number of allylic oxidation sites excluding steroid dienone is 2. The highest BCUT2D eigenvalue weighted by Crippen LogP contribution is 2.37. The standard InChI is InChI=1S/C20H8N4O/c21-8-12-3-13(9-22)5-15(4-12)14-1-2-17-18(16(10-23)11-24)7-20(25)19(17)6-14/h1-6H,7H2. The van der Waals surface area contributed by atoms with Crippen LogP contribution in [-0.2, 0) is 0 Å². The molecule has 0 N–H and O–H groups in total. The molecule has 1 aliphatic carbocycles. The predicted octanol–water partition coefficient (Wildman–Crippen LogP) is 3.48. The summed E-state index contributed by atoms with van der Waals surface area (Å²) in [7, 11) is 0. The molecule has 0 atom stereocenters. The minimum Gasteiger partial charge on any atom is -0.294 e. The van der Waals surface area contributed by atoms with Crippen molar-refractivity contribution in [3.63, 3.8) is 0 Å². The Bertz CT molecular complexity index is 1080. The number of hydrogen-bond acceptors (Lipinski definition) is 5. The maximum Gasteiger partial charge on any atom is 0.167 e.